The van der Waals surface area contributed by atoms with Gasteiger partial charge in [0.25, 0.3) is 17.5 Å². The Labute approximate surface area is 188 Å². The maximum atomic E-state index is 12.2. The number of furan rings is 1. The van der Waals surface area contributed by atoms with Gasteiger partial charge in [-0.25, -0.2) is 5.43 Å². The number of nitrogens with zero attached hydrogens (tertiary/aromatic N) is 2. The summed E-state index contributed by atoms with van der Waals surface area (Å²) in [6, 6.07) is 13.9. The summed E-state index contributed by atoms with van der Waals surface area (Å²) in [5.74, 6) is 0.586. The quantitative estimate of drug-likeness (QED) is 0.288. The highest BCUT2D eigenvalue weighted by molar-refractivity contribution is 5.97. The van der Waals surface area contributed by atoms with Gasteiger partial charge in [-0.3, -0.25) is 19.7 Å². The number of carbonyl (C=O) groups is 2. The van der Waals surface area contributed by atoms with Crippen molar-refractivity contribution >= 4 is 23.7 Å². The maximum Gasteiger partial charge on any atom is 0.270 e. The third-order valence-electron chi connectivity index (χ3n) is 4.40. The predicted octanol–water partition coefficient (Wildman–Crippen LogP) is 2.75. The molecule has 0 saturated carbocycles. The van der Waals surface area contributed by atoms with Crippen LogP contribution in [0.25, 0.3) is 11.3 Å². The first-order chi connectivity index (χ1) is 15.9. The summed E-state index contributed by atoms with van der Waals surface area (Å²) < 4.78 is 15.8. The van der Waals surface area contributed by atoms with Crippen LogP contribution in [0.2, 0.25) is 0 Å². The normalized spacial score (nSPS) is 10.6. The lowest BCUT2D eigenvalue weighted by Crippen LogP contribution is -2.34. The standard InChI is InChI=1S/C22H20N4O7/c1-31-19-8-6-15(11-20(19)32-2)22(28)23-13-21(27)25-24-12-17-7-9-18(33-17)14-4-3-5-16(10-14)26(29)30/h3-12H,13H2,1-2H3,(H,23,28)(H,25,27)/b24-12-. The molecule has 0 aliphatic carbocycles. The van der Waals surface area contributed by atoms with Gasteiger partial charge in [-0.2, -0.15) is 5.10 Å². The molecule has 0 aliphatic heterocycles. The molecule has 0 radical (unpaired) electrons. The van der Waals surface area contributed by atoms with Crippen LogP contribution in [-0.2, 0) is 4.79 Å². The topological polar surface area (TPSA) is 145 Å². The summed E-state index contributed by atoms with van der Waals surface area (Å²) in [6.07, 6.45) is 1.27. The molecule has 0 atom stereocenters. The highest BCUT2D eigenvalue weighted by atomic mass is 16.6. The lowest BCUT2D eigenvalue weighted by Gasteiger charge is -2.09. The molecule has 2 amide bonds. The van der Waals surface area contributed by atoms with E-state index in [0.29, 0.717) is 34.1 Å². The fraction of sp³-hybridized carbons (Fsp3) is 0.136. The maximum absolute atomic E-state index is 12.2. The van der Waals surface area contributed by atoms with E-state index in [0.717, 1.165) is 0 Å². The van der Waals surface area contributed by atoms with E-state index < -0.39 is 16.7 Å². The molecule has 11 nitrogen and oxygen atoms in total. The Morgan fingerprint density at radius 1 is 1.09 bits per heavy atom. The van der Waals surface area contributed by atoms with E-state index in [4.69, 9.17) is 13.9 Å². The molecule has 170 valence electrons. The Morgan fingerprint density at radius 3 is 2.61 bits per heavy atom. The van der Waals surface area contributed by atoms with Gasteiger partial charge in [-0.05, 0) is 30.3 Å². The van der Waals surface area contributed by atoms with Crippen LogP contribution in [0.1, 0.15) is 16.1 Å². The Hall–Kier alpha value is -4.67. The summed E-state index contributed by atoms with van der Waals surface area (Å²) in [7, 11) is 2.94. The molecule has 2 aromatic carbocycles. The van der Waals surface area contributed by atoms with Crippen molar-refractivity contribution in [2.24, 2.45) is 5.10 Å². The van der Waals surface area contributed by atoms with Crippen LogP contribution in [0.4, 0.5) is 5.69 Å². The van der Waals surface area contributed by atoms with Crippen molar-refractivity contribution in [3.8, 4) is 22.8 Å². The average Bonchev–Trinajstić information content (AvgIpc) is 3.31. The molecule has 0 fully saturated rings. The minimum Gasteiger partial charge on any atom is -0.493 e. The van der Waals surface area contributed by atoms with Crippen molar-refractivity contribution in [2.75, 3.05) is 20.8 Å². The lowest BCUT2D eigenvalue weighted by atomic mass is 10.1. The Balaban J connectivity index is 1.52. The molecule has 0 unspecified atom stereocenters. The highest BCUT2D eigenvalue weighted by Gasteiger charge is 2.12. The van der Waals surface area contributed by atoms with E-state index in [1.807, 2.05) is 0 Å². The van der Waals surface area contributed by atoms with Gasteiger partial charge in [0.05, 0.1) is 31.9 Å². The molecular weight excluding hydrogens is 432 g/mol. The van der Waals surface area contributed by atoms with Crippen molar-refractivity contribution in [2.45, 2.75) is 0 Å². The van der Waals surface area contributed by atoms with Crippen LogP contribution in [0, 0.1) is 10.1 Å². The number of benzene rings is 2. The monoisotopic (exact) mass is 452 g/mol. The number of nitrogens with one attached hydrogen (secondary N) is 2. The minimum atomic E-state index is -0.550. The second kappa shape index (κ2) is 10.6. The third kappa shape index (κ3) is 5.94. The first-order valence-corrected chi connectivity index (χ1v) is 9.58. The first-order valence-electron chi connectivity index (χ1n) is 9.58. The van der Waals surface area contributed by atoms with Crippen molar-refractivity contribution in [3.63, 3.8) is 0 Å². The number of ether oxygens (including phenoxy) is 2. The Bertz CT molecular complexity index is 1200. The van der Waals surface area contributed by atoms with Crippen LogP contribution in [0.3, 0.4) is 0 Å². The van der Waals surface area contributed by atoms with Gasteiger partial charge in [-0.1, -0.05) is 12.1 Å². The van der Waals surface area contributed by atoms with E-state index in [2.05, 4.69) is 15.8 Å². The van der Waals surface area contributed by atoms with E-state index in [9.17, 15) is 19.7 Å². The number of hydrazone groups is 1. The second-order valence-corrected chi connectivity index (χ2v) is 6.56. The fourth-order valence-corrected chi connectivity index (χ4v) is 2.80. The number of nitro groups is 1. The van der Waals surface area contributed by atoms with E-state index in [1.165, 1.54) is 38.6 Å². The number of non-ortho nitro benzene ring substituents is 1. The second-order valence-electron chi connectivity index (χ2n) is 6.56. The van der Waals surface area contributed by atoms with Gasteiger partial charge in [0.2, 0.25) is 0 Å². The zero-order valence-electron chi connectivity index (χ0n) is 17.7. The molecule has 0 saturated heterocycles. The number of rotatable bonds is 9. The number of hydrogen-bond donors (Lipinski definition) is 2. The molecule has 2 N–H and O–H groups in total. The Kier molecular flexibility index (Phi) is 7.37. The summed E-state index contributed by atoms with van der Waals surface area (Å²) in [4.78, 5) is 34.6. The van der Waals surface area contributed by atoms with Crippen molar-refractivity contribution in [1.82, 2.24) is 10.7 Å². The summed E-state index contributed by atoms with van der Waals surface area (Å²) in [5, 5.41) is 17.2. The zero-order chi connectivity index (χ0) is 23.8. The van der Waals surface area contributed by atoms with E-state index in [-0.39, 0.29) is 12.2 Å². The van der Waals surface area contributed by atoms with Crippen LogP contribution < -0.4 is 20.2 Å². The van der Waals surface area contributed by atoms with Crippen molar-refractivity contribution in [1.29, 1.82) is 0 Å². The van der Waals surface area contributed by atoms with Gasteiger partial charge in [-0.15, -0.1) is 0 Å². The Morgan fingerprint density at radius 2 is 1.88 bits per heavy atom. The number of hydrogen-bond acceptors (Lipinski definition) is 8. The number of amides is 2. The van der Waals surface area contributed by atoms with Gasteiger partial charge in [0.15, 0.2) is 11.5 Å². The molecule has 1 heterocycles. The minimum absolute atomic E-state index is 0.0542. The molecule has 0 spiro atoms. The number of nitro benzene ring substituents is 1. The van der Waals surface area contributed by atoms with Crippen LogP contribution in [0.5, 0.6) is 11.5 Å². The molecular formula is C22H20N4O7. The summed E-state index contributed by atoms with van der Waals surface area (Å²) >= 11 is 0. The molecule has 0 aliphatic rings. The average molecular weight is 452 g/mol. The van der Waals surface area contributed by atoms with Gasteiger partial charge >= 0.3 is 0 Å². The molecule has 0 bridgehead atoms. The molecule has 11 heteroatoms. The fourth-order valence-electron chi connectivity index (χ4n) is 2.80. The van der Waals surface area contributed by atoms with Crippen LogP contribution >= 0.6 is 0 Å². The third-order valence-corrected chi connectivity index (χ3v) is 4.40. The highest BCUT2D eigenvalue weighted by Crippen LogP contribution is 2.27. The van der Waals surface area contributed by atoms with Crippen molar-refractivity contribution in [3.05, 3.63) is 76.0 Å². The summed E-state index contributed by atoms with van der Waals surface area (Å²) in [5.41, 5.74) is 3.05. The van der Waals surface area contributed by atoms with Gasteiger partial charge in [0, 0.05) is 23.3 Å². The van der Waals surface area contributed by atoms with E-state index >= 15 is 0 Å². The molecule has 3 aromatic rings. The van der Waals surface area contributed by atoms with E-state index in [1.54, 1.807) is 36.4 Å². The smallest absolute Gasteiger partial charge is 0.270 e. The SMILES string of the molecule is COc1ccc(C(=O)NCC(=O)N/N=C\c2ccc(-c3cccc([N+](=O)[O-])c3)o2)cc1OC. The van der Waals surface area contributed by atoms with Crippen molar-refractivity contribution < 1.29 is 28.4 Å². The van der Waals surface area contributed by atoms with Crippen LogP contribution in [0.15, 0.2) is 64.1 Å². The molecule has 33 heavy (non-hydrogen) atoms. The molecule has 3 rings (SSSR count). The van der Waals surface area contributed by atoms with Crippen LogP contribution in [-0.4, -0.2) is 43.7 Å². The number of carbonyl (C=O) groups excluding carboxylic acids is 2. The summed E-state index contributed by atoms with van der Waals surface area (Å²) in [6.45, 7) is -0.304. The lowest BCUT2D eigenvalue weighted by molar-refractivity contribution is -0.384. The van der Waals surface area contributed by atoms with Gasteiger partial charge < -0.3 is 19.2 Å². The predicted molar refractivity (Wildman–Crippen MR) is 118 cm³/mol. The zero-order valence-corrected chi connectivity index (χ0v) is 17.7. The largest absolute Gasteiger partial charge is 0.493 e. The first kappa shape index (κ1) is 23.0. The number of methoxy groups -OCH3 is 2. The molecule has 1 aromatic heterocycles. The van der Waals surface area contributed by atoms with Gasteiger partial charge in [0.1, 0.15) is 11.5 Å².